The maximum Gasteiger partial charge on any atom is 0.0784 e. The smallest absolute Gasteiger partial charge is 0.0784 e. The average molecular weight is 526 g/mol. The highest BCUT2D eigenvalue weighted by molar-refractivity contribution is 9.22. The van der Waals surface area contributed by atoms with Gasteiger partial charge in [0.1, 0.15) is 0 Å². The van der Waals surface area contributed by atoms with Crippen molar-refractivity contribution in [1.82, 2.24) is 0 Å². The molecule has 0 rings (SSSR count). The molecule has 1 nitrogen and oxygen atoms in total. The lowest BCUT2D eigenvalue weighted by atomic mass is 10.1. The number of halogens is 2. The third kappa shape index (κ3) is 26.9. The number of nitrogens with zero attached hydrogens (tertiary/aromatic N) is 1. The molecule has 0 aromatic heterocycles. The van der Waals surface area contributed by atoms with E-state index in [0.29, 0.717) is 0 Å². The Morgan fingerprint density at radius 2 is 0.581 bits per heavy atom. The van der Waals surface area contributed by atoms with E-state index in [9.17, 15) is 0 Å². The van der Waals surface area contributed by atoms with E-state index in [-0.39, 0.29) is 0 Å². The van der Waals surface area contributed by atoms with Crippen LogP contribution < -0.4 is 0 Å². The van der Waals surface area contributed by atoms with Gasteiger partial charge in [0.25, 0.3) is 0 Å². The molecule has 0 aromatic carbocycles. The summed E-state index contributed by atoms with van der Waals surface area (Å²) in [5, 5.41) is 0. The zero-order valence-corrected chi connectivity index (χ0v) is 24.5. The van der Waals surface area contributed by atoms with E-state index >= 15 is 0 Å². The first-order valence-corrected chi connectivity index (χ1v) is 16.2. The van der Waals surface area contributed by atoms with Gasteiger partial charge in [0.2, 0.25) is 0 Å². The lowest BCUT2D eigenvalue weighted by molar-refractivity contribution is -0.910. The van der Waals surface area contributed by atoms with Crippen molar-refractivity contribution < 1.29 is 4.48 Å². The Bertz CT molecular complexity index is 266. The molecule has 0 N–H and O–H groups in total. The van der Waals surface area contributed by atoms with Crippen LogP contribution in [-0.2, 0) is 0 Å². The highest BCUT2D eigenvalue weighted by Crippen LogP contribution is 2.16. The van der Waals surface area contributed by atoms with Gasteiger partial charge < -0.3 is 4.48 Å². The molecule has 0 saturated carbocycles. The van der Waals surface area contributed by atoms with Crippen LogP contribution >= 0.6 is 25.1 Å². The minimum absolute atomic E-state index is 1.36. The van der Waals surface area contributed by atoms with Gasteiger partial charge in [0.15, 0.2) is 0 Å². The zero-order chi connectivity index (χ0) is 23.5. The first-order chi connectivity index (χ1) is 15.2. The summed E-state index contributed by atoms with van der Waals surface area (Å²) in [5.74, 6) is 0. The van der Waals surface area contributed by atoms with Crippen LogP contribution in [-0.4, -0.2) is 31.2 Å². The zero-order valence-electron chi connectivity index (χ0n) is 22.2. The van der Waals surface area contributed by atoms with Crippen LogP contribution in [0.5, 0.6) is 0 Å². The number of hydrogen-bond donors (Lipinski definition) is 0. The molecule has 0 amide bonds. The minimum atomic E-state index is 1.36. The molecule has 0 radical (unpaired) electrons. The molecule has 0 fully saturated rings. The van der Waals surface area contributed by atoms with Crippen LogP contribution in [0.2, 0.25) is 0 Å². The van der Waals surface area contributed by atoms with Crippen molar-refractivity contribution in [3.63, 3.8) is 0 Å². The highest BCUT2D eigenvalue weighted by Gasteiger charge is 2.20. The molecule has 3 heteroatoms. The molecular weight excluding hydrogens is 466 g/mol. The Morgan fingerprint density at radius 3 is 0.806 bits per heavy atom. The second-order valence-electron chi connectivity index (χ2n) is 10.2. The molecule has 0 aliphatic rings. The summed E-state index contributed by atoms with van der Waals surface area (Å²) in [6, 6.07) is 0. The molecule has 31 heavy (non-hydrogen) atoms. The van der Waals surface area contributed by atoms with Crippen LogP contribution in [0.25, 0.3) is 0 Å². The van der Waals surface area contributed by atoms with Gasteiger partial charge in [-0.1, -0.05) is 117 Å². The lowest BCUT2D eigenvalue weighted by Gasteiger charge is -2.35. The molecule has 0 aliphatic carbocycles. The molecule has 0 aliphatic heterocycles. The maximum atomic E-state index is 4.45. The predicted octanol–water partition coefficient (Wildman–Crippen LogP) is 11.2. The average Bonchev–Trinajstić information content (AvgIpc) is 2.79. The molecule has 0 saturated heterocycles. The Labute approximate surface area is 211 Å². The highest BCUT2D eigenvalue weighted by atomic mass is 79.9. The summed E-state index contributed by atoms with van der Waals surface area (Å²) < 4.78 is 1.36. The molecule has 0 heterocycles. The second kappa shape index (κ2) is 28.8. The van der Waals surface area contributed by atoms with Gasteiger partial charge in [-0.15, -0.1) is 0 Å². The topological polar surface area (TPSA) is 0 Å². The van der Waals surface area contributed by atoms with E-state index in [1.807, 2.05) is 0 Å². The third-order valence-corrected chi connectivity index (χ3v) is 6.90. The van der Waals surface area contributed by atoms with Gasteiger partial charge in [0, 0.05) is 15.0 Å². The van der Waals surface area contributed by atoms with E-state index < -0.39 is 0 Å². The quantitative estimate of drug-likeness (QED) is 0.0867. The first kappa shape index (κ1) is 33.9. The Kier molecular flexibility index (Phi) is 31.5. The van der Waals surface area contributed by atoms with Crippen LogP contribution in [0.3, 0.4) is 0 Å². The normalized spacial score (nSPS) is 11.4. The van der Waals surface area contributed by atoms with Crippen molar-refractivity contribution in [2.24, 2.45) is 0 Å². The maximum absolute atomic E-state index is 4.45. The Hall–Kier alpha value is 0.730. The molecule has 190 valence electrons. The number of rotatable bonds is 24. The van der Waals surface area contributed by atoms with Gasteiger partial charge in [-0.3, -0.25) is 0 Å². The van der Waals surface area contributed by atoms with Gasteiger partial charge in [-0.2, -0.15) is 0 Å². The molecule has 0 aromatic rings. The summed E-state index contributed by atoms with van der Waals surface area (Å²) in [6.07, 6.45) is 30.3. The standard InChI is InChI=1S/C28H60N.BrCl/c1-5-8-11-14-17-20-23-26-29(4,27-24-21-18-15-12-9-6-2)28-25-22-19-16-13-10-7-3;1-2/h5-28H2,1-4H3;/q+1;. The van der Waals surface area contributed by atoms with Crippen molar-refractivity contribution in [1.29, 1.82) is 0 Å². The van der Waals surface area contributed by atoms with Gasteiger partial charge in [-0.25, -0.2) is 0 Å². The fourth-order valence-corrected chi connectivity index (χ4v) is 4.69. The third-order valence-electron chi connectivity index (χ3n) is 6.90. The number of hydrogen-bond acceptors (Lipinski definition) is 0. The molecule has 0 spiro atoms. The van der Waals surface area contributed by atoms with Crippen LogP contribution in [0.4, 0.5) is 0 Å². The summed E-state index contributed by atoms with van der Waals surface area (Å²) in [4.78, 5) is 0. The Morgan fingerprint density at radius 1 is 0.387 bits per heavy atom. The SMILES string of the molecule is CCCCCCCCC[N+](C)(CCCCCCCCC)CCCCCCCCC.ClBr. The summed E-state index contributed by atoms with van der Waals surface area (Å²) in [6.45, 7) is 11.2. The number of quaternary nitrogens is 1. The van der Waals surface area contributed by atoms with Gasteiger partial charge in [0.05, 0.1) is 26.7 Å². The largest absolute Gasteiger partial charge is 0.326 e. The van der Waals surface area contributed by atoms with Crippen LogP contribution in [0.15, 0.2) is 0 Å². The van der Waals surface area contributed by atoms with E-state index in [2.05, 4.69) is 53.0 Å². The lowest BCUT2D eigenvalue weighted by Crippen LogP contribution is -2.46. The molecule has 0 bridgehead atoms. The van der Waals surface area contributed by atoms with E-state index in [1.54, 1.807) is 0 Å². The first-order valence-electron chi connectivity index (χ1n) is 14.2. The van der Waals surface area contributed by atoms with Gasteiger partial charge in [-0.05, 0) is 48.6 Å². The fourth-order valence-electron chi connectivity index (χ4n) is 4.69. The molecular formula is C28H60BrClN+. The summed E-state index contributed by atoms with van der Waals surface area (Å²) in [5.41, 5.74) is 0. The Balaban J connectivity index is 0. The van der Waals surface area contributed by atoms with Crippen molar-refractivity contribution in [3.8, 4) is 0 Å². The van der Waals surface area contributed by atoms with E-state index in [4.69, 9.17) is 0 Å². The molecule has 0 atom stereocenters. The van der Waals surface area contributed by atoms with Crippen molar-refractivity contribution in [3.05, 3.63) is 0 Å². The predicted molar refractivity (Wildman–Crippen MR) is 150 cm³/mol. The van der Waals surface area contributed by atoms with Gasteiger partial charge >= 0.3 is 0 Å². The van der Waals surface area contributed by atoms with Crippen LogP contribution in [0, 0.1) is 0 Å². The monoisotopic (exact) mass is 524 g/mol. The van der Waals surface area contributed by atoms with Crippen LogP contribution in [0.1, 0.15) is 156 Å². The molecule has 0 unspecified atom stereocenters. The van der Waals surface area contributed by atoms with Crippen molar-refractivity contribution in [2.45, 2.75) is 156 Å². The van der Waals surface area contributed by atoms with Crippen molar-refractivity contribution in [2.75, 3.05) is 26.7 Å². The summed E-state index contributed by atoms with van der Waals surface area (Å²) >= 11 is 2.41. The minimum Gasteiger partial charge on any atom is -0.326 e. The second-order valence-corrected chi connectivity index (χ2v) is 10.2. The van der Waals surface area contributed by atoms with Crippen molar-refractivity contribution >= 4 is 25.1 Å². The summed E-state index contributed by atoms with van der Waals surface area (Å²) in [7, 11) is 7.03. The number of unbranched alkanes of at least 4 members (excludes halogenated alkanes) is 18. The van der Waals surface area contributed by atoms with E-state index in [1.165, 1.54) is 159 Å². The van der Waals surface area contributed by atoms with E-state index in [0.717, 1.165) is 0 Å². The fraction of sp³-hybridized carbons (Fsp3) is 1.00.